The van der Waals surface area contributed by atoms with Crippen LogP contribution in [0.4, 0.5) is 5.82 Å². The van der Waals surface area contributed by atoms with Gasteiger partial charge in [0.15, 0.2) is 5.75 Å². The molecule has 0 saturated carbocycles. The van der Waals surface area contributed by atoms with Gasteiger partial charge >= 0.3 is 6.01 Å². The van der Waals surface area contributed by atoms with Crippen LogP contribution in [-0.4, -0.2) is 69.2 Å². The molecule has 4 heterocycles. The lowest BCUT2D eigenvalue weighted by atomic mass is 10.2. The summed E-state index contributed by atoms with van der Waals surface area (Å²) in [5.41, 5.74) is 1.16. The third-order valence-electron chi connectivity index (χ3n) is 5.55. The molecule has 5 rings (SSSR count). The van der Waals surface area contributed by atoms with E-state index in [-0.39, 0.29) is 23.0 Å². The van der Waals surface area contributed by atoms with Gasteiger partial charge in [-0.2, -0.15) is 20.1 Å². The number of aromatic nitrogens is 5. The van der Waals surface area contributed by atoms with Gasteiger partial charge in [0, 0.05) is 26.2 Å². The first-order valence-corrected chi connectivity index (χ1v) is 11.1. The first-order valence-electron chi connectivity index (χ1n) is 10.4. The highest BCUT2D eigenvalue weighted by Gasteiger charge is 2.25. The minimum absolute atomic E-state index is 0.0991. The maximum absolute atomic E-state index is 12.0. The van der Waals surface area contributed by atoms with Crippen LogP contribution in [-0.2, 0) is 4.79 Å². The summed E-state index contributed by atoms with van der Waals surface area (Å²) in [6.07, 6.45) is 2.94. The summed E-state index contributed by atoms with van der Waals surface area (Å²) >= 11 is 12.8. The van der Waals surface area contributed by atoms with Crippen LogP contribution in [0.1, 0.15) is 0 Å². The number of amides is 1. The number of halogens is 2. The molecule has 0 radical (unpaired) electrons. The van der Waals surface area contributed by atoms with Gasteiger partial charge in [-0.3, -0.25) is 9.89 Å². The second kappa shape index (κ2) is 8.96. The minimum atomic E-state index is -0.0991. The van der Waals surface area contributed by atoms with E-state index < -0.39 is 0 Å². The number of fused-ring (bicyclic) bond motifs is 2. The largest absolute Gasteiger partial charge is 0.467 e. The van der Waals surface area contributed by atoms with Crippen molar-refractivity contribution in [1.82, 2.24) is 30.0 Å². The zero-order chi connectivity index (χ0) is 23.8. The maximum atomic E-state index is 12.0. The molecule has 1 aromatic carbocycles. The molecular formula is C22H19Cl2N7O3. The number of benzene rings is 1. The molecular weight excluding hydrogens is 481 g/mol. The van der Waals surface area contributed by atoms with E-state index in [1.165, 1.54) is 13.2 Å². The number of carbonyl (C=O) groups is 1. The van der Waals surface area contributed by atoms with Crippen LogP contribution in [0.3, 0.4) is 0 Å². The van der Waals surface area contributed by atoms with Crippen LogP contribution in [0.25, 0.3) is 21.8 Å². The Morgan fingerprint density at radius 2 is 1.94 bits per heavy atom. The number of anilines is 1. The first-order chi connectivity index (χ1) is 16.5. The van der Waals surface area contributed by atoms with Crippen molar-refractivity contribution >= 4 is 56.7 Å². The van der Waals surface area contributed by atoms with Gasteiger partial charge in [-0.25, -0.2) is 0 Å². The van der Waals surface area contributed by atoms with Crippen LogP contribution in [0.15, 0.2) is 37.1 Å². The molecule has 1 fully saturated rings. The highest BCUT2D eigenvalue weighted by molar-refractivity contribution is 6.33. The highest BCUT2D eigenvalue weighted by atomic mass is 35.5. The quantitative estimate of drug-likeness (QED) is 0.325. The molecule has 0 unspecified atom stereocenters. The fourth-order valence-electron chi connectivity index (χ4n) is 3.87. The van der Waals surface area contributed by atoms with Crippen LogP contribution < -0.4 is 14.4 Å². The molecule has 0 bridgehead atoms. The van der Waals surface area contributed by atoms with E-state index in [0.717, 1.165) is 5.52 Å². The number of carbonyl (C=O) groups excluding carboxylic acids is 1. The Morgan fingerprint density at radius 1 is 1.15 bits per heavy atom. The molecule has 3 aromatic heterocycles. The summed E-state index contributed by atoms with van der Waals surface area (Å²) in [5, 5.41) is 8.85. The maximum Gasteiger partial charge on any atom is 0.318 e. The number of pyridine rings is 1. The summed E-state index contributed by atoms with van der Waals surface area (Å²) in [5.74, 6) is 1.03. The van der Waals surface area contributed by atoms with E-state index in [1.807, 2.05) is 4.90 Å². The lowest BCUT2D eigenvalue weighted by molar-refractivity contribution is -0.126. The summed E-state index contributed by atoms with van der Waals surface area (Å²) < 4.78 is 11.5. The van der Waals surface area contributed by atoms with Crippen LogP contribution >= 0.6 is 23.2 Å². The van der Waals surface area contributed by atoms with Crippen molar-refractivity contribution in [1.29, 1.82) is 0 Å². The van der Waals surface area contributed by atoms with Crippen molar-refractivity contribution in [3.63, 3.8) is 0 Å². The molecule has 10 nitrogen and oxygen atoms in total. The van der Waals surface area contributed by atoms with E-state index in [0.29, 0.717) is 59.1 Å². The smallest absolute Gasteiger partial charge is 0.318 e. The molecule has 1 aliphatic heterocycles. The standard InChI is InChI=1S/C22H19Cl2N7O3/c1-3-17(32)30-6-8-31(9-7-30)20-12-10-16(24)26-21(18(12)27-22(28-20)33-2)34-19-13-11-25-29-15(13)5-4-14(19)23/h3-5,10-11H,1,6-9H2,2H3,(H,25,29). The number of H-pyrrole nitrogens is 1. The number of aromatic amines is 1. The normalized spacial score (nSPS) is 14.0. The Bertz CT molecular complexity index is 1420. The molecule has 12 heteroatoms. The number of methoxy groups -OCH3 is 1. The lowest BCUT2D eigenvalue weighted by Gasteiger charge is -2.35. The Kier molecular flexibility index (Phi) is 5.84. The number of hydrogen-bond donors (Lipinski definition) is 1. The van der Waals surface area contributed by atoms with Crippen molar-refractivity contribution in [3.05, 3.63) is 47.2 Å². The average molecular weight is 500 g/mol. The number of rotatable bonds is 5. The fraction of sp³-hybridized carbons (Fsp3) is 0.227. The molecule has 0 aliphatic carbocycles. The Balaban J connectivity index is 1.60. The molecule has 1 saturated heterocycles. The lowest BCUT2D eigenvalue weighted by Crippen LogP contribution is -2.48. The highest BCUT2D eigenvalue weighted by Crippen LogP contribution is 2.39. The molecule has 174 valence electrons. The van der Waals surface area contributed by atoms with Gasteiger partial charge in [-0.1, -0.05) is 29.8 Å². The summed E-state index contributed by atoms with van der Waals surface area (Å²) in [6, 6.07) is 5.34. The molecule has 34 heavy (non-hydrogen) atoms. The van der Waals surface area contributed by atoms with E-state index >= 15 is 0 Å². The van der Waals surface area contributed by atoms with Gasteiger partial charge in [0.2, 0.25) is 11.8 Å². The summed E-state index contributed by atoms with van der Waals surface area (Å²) in [7, 11) is 1.48. The van der Waals surface area contributed by atoms with Crippen molar-refractivity contribution in [2.24, 2.45) is 0 Å². The SMILES string of the molecule is C=CC(=O)N1CCN(c2nc(OC)nc3c(Oc4c(Cl)ccc5[nH]ncc45)nc(Cl)cc23)CC1. The predicted molar refractivity (Wildman–Crippen MR) is 129 cm³/mol. The number of piperazine rings is 1. The van der Waals surface area contributed by atoms with E-state index in [2.05, 4.69) is 31.7 Å². The molecule has 4 aromatic rings. The van der Waals surface area contributed by atoms with Gasteiger partial charge < -0.3 is 19.3 Å². The zero-order valence-corrected chi connectivity index (χ0v) is 19.6. The van der Waals surface area contributed by atoms with Crippen LogP contribution in [0, 0.1) is 0 Å². The molecule has 0 atom stereocenters. The van der Waals surface area contributed by atoms with Gasteiger partial charge in [-0.15, -0.1) is 0 Å². The van der Waals surface area contributed by atoms with Gasteiger partial charge in [0.05, 0.1) is 34.6 Å². The van der Waals surface area contributed by atoms with Crippen molar-refractivity contribution < 1.29 is 14.3 Å². The second-order valence-electron chi connectivity index (χ2n) is 7.51. The van der Waals surface area contributed by atoms with E-state index in [9.17, 15) is 4.79 Å². The third-order valence-corrected chi connectivity index (χ3v) is 6.04. The van der Waals surface area contributed by atoms with Crippen molar-refractivity contribution in [3.8, 4) is 17.6 Å². The molecule has 1 amide bonds. The second-order valence-corrected chi connectivity index (χ2v) is 8.30. The Labute approximate surface area is 204 Å². The van der Waals surface area contributed by atoms with E-state index in [4.69, 9.17) is 32.7 Å². The van der Waals surface area contributed by atoms with Crippen molar-refractivity contribution in [2.45, 2.75) is 0 Å². The number of nitrogens with zero attached hydrogens (tertiary/aromatic N) is 6. The van der Waals surface area contributed by atoms with Gasteiger partial charge in [0.1, 0.15) is 16.5 Å². The summed E-state index contributed by atoms with van der Waals surface area (Å²) in [4.78, 5) is 29.2. The van der Waals surface area contributed by atoms with E-state index in [1.54, 1.807) is 29.3 Å². The third kappa shape index (κ3) is 3.95. The average Bonchev–Trinajstić information content (AvgIpc) is 3.34. The van der Waals surface area contributed by atoms with Crippen LogP contribution in [0.2, 0.25) is 10.2 Å². The zero-order valence-electron chi connectivity index (χ0n) is 18.1. The van der Waals surface area contributed by atoms with Crippen LogP contribution in [0.5, 0.6) is 17.6 Å². The topological polar surface area (TPSA) is 109 Å². The number of hydrogen-bond acceptors (Lipinski definition) is 8. The minimum Gasteiger partial charge on any atom is -0.467 e. The first kappa shape index (κ1) is 22.2. The molecule has 0 spiro atoms. The molecule has 1 N–H and O–H groups in total. The number of nitrogens with one attached hydrogen (secondary N) is 1. The molecule has 1 aliphatic rings. The Hall–Kier alpha value is -3.63. The Morgan fingerprint density at radius 3 is 2.68 bits per heavy atom. The summed E-state index contributed by atoms with van der Waals surface area (Å²) in [6.45, 7) is 5.73. The number of ether oxygens (including phenoxy) is 2. The van der Waals surface area contributed by atoms with Crippen molar-refractivity contribution in [2.75, 3.05) is 38.2 Å². The van der Waals surface area contributed by atoms with Gasteiger partial charge in [0.25, 0.3) is 0 Å². The van der Waals surface area contributed by atoms with Gasteiger partial charge in [-0.05, 0) is 24.3 Å². The monoisotopic (exact) mass is 499 g/mol. The predicted octanol–water partition coefficient (Wildman–Crippen LogP) is 3.84. The fourth-order valence-corrected chi connectivity index (χ4v) is 4.26.